The first-order valence-corrected chi connectivity index (χ1v) is 5.33. The minimum atomic E-state index is -0.989. The maximum Gasteiger partial charge on any atom is 0.313 e. The molecule has 2 N–H and O–H groups in total. The molecule has 15 heavy (non-hydrogen) atoms. The summed E-state index contributed by atoms with van der Waals surface area (Å²) >= 11 is 0. The van der Waals surface area contributed by atoms with E-state index in [1.807, 2.05) is 0 Å². The van der Waals surface area contributed by atoms with Crippen LogP contribution in [0.2, 0.25) is 0 Å². The van der Waals surface area contributed by atoms with Crippen molar-refractivity contribution in [1.29, 1.82) is 0 Å². The normalized spacial score (nSPS) is 15.1. The molecule has 0 radical (unpaired) electrons. The molecule has 2 unspecified atom stereocenters. The molecule has 0 aliphatic heterocycles. The number of aliphatic hydroxyl groups is 1. The van der Waals surface area contributed by atoms with Crippen LogP contribution < -0.4 is 0 Å². The molecule has 3 nitrogen and oxygen atoms in total. The number of hydrogen-bond acceptors (Lipinski definition) is 2. The second-order valence-corrected chi connectivity index (χ2v) is 3.55. The number of aliphatic carboxylic acids is 1. The molecule has 0 heterocycles. The smallest absolute Gasteiger partial charge is 0.313 e. The molecule has 0 bridgehead atoms. The number of allylic oxidation sites excluding steroid dienone is 2. The van der Waals surface area contributed by atoms with Gasteiger partial charge in [0.1, 0.15) is 5.92 Å². The van der Waals surface area contributed by atoms with Crippen molar-refractivity contribution in [1.82, 2.24) is 0 Å². The summed E-state index contributed by atoms with van der Waals surface area (Å²) in [5, 5.41) is 18.5. The van der Waals surface area contributed by atoms with Crippen LogP contribution >= 0.6 is 0 Å². The third-order valence-corrected chi connectivity index (χ3v) is 2.26. The lowest BCUT2D eigenvalue weighted by molar-refractivity contribution is -0.143. The Morgan fingerprint density at radius 3 is 2.60 bits per heavy atom. The van der Waals surface area contributed by atoms with Crippen LogP contribution in [0.3, 0.4) is 0 Å². The first kappa shape index (κ1) is 13.9. The predicted molar refractivity (Wildman–Crippen MR) is 60.6 cm³/mol. The second-order valence-electron chi connectivity index (χ2n) is 3.55. The van der Waals surface area contributed by atoms with E-state index in [1.165, 1.54) is 12.2 Å². The van der Waals surface area contributed by atoms with Gasteiger partial charge in [0, 0.05) is 0 Å². The number of carboxylic acid groups (broad SMARTS) is 1. The van der Waals surface area contributed by atoms with E-state index >= 15 is 0 Å². The molecule has 0 rings (SSSR count). The molecule has 2 atom stereocenters. The standard InChI is InChI=1S/C12H20O3/c1-3-5-7-9-11(13)10(12(14)15)8-6-4-2/h4,6,8,10-11,13H,2-3,5,7,9H2,1H3,(H,14,15)/b8-6+. The highest BCUT2D eigenvalue weighted by atomic mass is 16.4. The third-order valence-electron chi connectivity index (χ3n) is 2.26. The highest BCUT2D eigenvalue weighted by Crippen LogP contribution is 2.14. The van der Waals surface area contributed by atoms with Gasteiger partial charge < -0.3 is 10.2 Å². The summed E-state index contributed by atoms with van der Waals surface area (Å²) in [6.07, 6.45) is 7.23. The van der Waals surface area contributed by atoms with Crippen LogP contribution in [0.4, 0.5) is 0 Å². The van der Waals surface area contributed by atoms with Crippen molar-refractivity contribution in [3.05, 3.63) is 24.8 Å². The fraction of sp³-hybridized carbons (Fsp3) is 0.583. The van der Waals surface area contributed by atoms with E-state index in [9.17, 15) is 9.90 Å². The fourth-order valence-electron chi connectivity index (χ4n) is 1.36. The minimum absolute atomic E-state index is 0.534. The number of unbranched alkanes of at least 4 members (excludes halogenated alkanes) is 2. The summed E-state index contributed by atoms with van der Waals surface area (Å²) in [6.45, 7) is 5.53. The highest BCUT2D eigenvalue weighted by molar-refractivity contribution is 5.72. The first-order chi connectivity index (χ1) is 7.13. The Morgan fingerprint density at radius 2 is 2.13 bits per heavy atom. The molecule has 0 aromatic heterocycles. The molecule has 3 heteroatoms. The van der Waals surface area contributed by atoms with Crippen LogP contribution in [0, 0.1) is 5.92 Å². The van der Waals surface area contributed by atoms with Gasteiger partial charge in [-0.1, -0.05) is 51.0 Å². The quantitative estimate of drug-likeness (QED) is 0.479. The van der Waals surface area contributed by atoms with Crippen molar-refractivity contribution < 1.29 is 15.0 Å². The molecule has 0 aliphatic rings. The van der Waals surface area contributed by atoms with E-state index in [-0.39, 0.29) is 0 Å². The lowest BCUT2D eigenvalue weighted by Crippen LogP contribution is -2.26. The lowest BCUT2D eigenvalue weighted by atomic mass is 9.97. The lowest BCUT2D eigenvalue weighted by Gasteiger charge is -2.15. The van der Waals surface area contributed by atoms with E-state index < -0.39 is 18.0 Å². The summed E-state index contributed by atoms with van der Waals surface area (Å²) in [6, 6.07) is 0. The van der Waals surface area contributed by atoms with Gasteiger partial charge in [-0.2, -0.15) is 0 Å². The van der Waals surface area contributed by atoms with Gasteiger partial charge in [0.15, 0.2) is 0 Å². The number of hydrogen-bond donors (Lipinski definition) is 2. The van der Waals surface area contributed by atoms with Gasteiger partial charge in [-0.15, -0.1) is 0 Å². The van der Waals surface area contributed by atoms with Crippen LogP contribution in [0.1, 0.15) is 32.6 Å². The molecule has 0 saturated carbocycles. The van der Waals surface area contributed by atoms with Crippen molar-refractivity contribution in [2.45, 2.75) is 38.7 Å². The Hall–Kier alpha value is -1.09. The van der Waals surface area contributed by atoms with Gasteiger partial charge in [0.25, 0.3) is 0 Å². The van der Waals surface area contributed by atoms with Crippen molar-refractivity contribution >= 4 is 5.97 Å². The van der Waals surface area contributed by atoms with Crippen molar-refractivity contribution in [2.24, 2.45) is 5.92 Å². The summed E-state index contributed by atoms with van der Waals surface area (Å²) < 4.78 is 0. The Morgan fingerprint density at radius 1 is 1.47 bits per heavy atom. The zero-order chi connectivity index (χ0) is 11.7. The Balaban J connectivity index is 4.16. The van der Waals surface area contributed by atoms with Crippen molar-refractivity contribution in [3.8, 4) is 0 Å². The summed E-state index contributed by atoms with van der Waals surface area (Å²) in [5.41, 5.74) is 0. The van der Waals surface area contributed by atoms with Gasteiger partial charge in [0.2, 0.25) is 0 Å². The van der Waals surface area contributed by atoms with Gasteiger partial charge in [0.05, 0.1) is 6.10 Å². The fourth-order valence-corrected chi connectivity index (χ4v) is 1.36. The zero-order valence-corrected chi connectivity index (χ0v) is 9.22. The Kier molecular flexibility index (Phi) is 7.64. The zero-order valence-electron chi connectivity index (χ0n) is 9.22. The summed E-state index contributed by atoms with van der Waals surface area (Å²) in [5.74, 6) is -1.81. The number of carbonyl (C=O) groups is 1. The minimum Gasteiger partial charge on any atom is -0.481 e. The van der Waals surface area contributed by atoms with Gasteiger partial charge in [-0.3, -0.25) is 4.79 Å². The van der Waals surface area contributed by atoms with E-state index in [1.54, 1.807) is 6.08 Å². The first-order valence-electron chi connectivity index (χ1n) is 5.33. The number of carboxylic acids is 1. The molecule has 86 valence electrons. The summed E-state index contributed by atoms with van der Waals surface area (Å²) in [4.78, 5) is 10.8. The monoisotopic (exact) mass is 212 g/mol. The predicted octanol–water partition coefficient (Wildman–Crippen LogP) is 2.37. The molecule has 0 amide bonds. The van der Waals surface area contributed by atoms with Crippen LogP contribution in [-0.2, 0) is 4.79 Å². The van der Waals surface area contributed by atoms with E-state index in [0.29, 0.717) is 6.42 Å². The van der Waals surface area contributed by atoms with E-state index in [2.05, 4.69) is 13.5 Å². The average molecular weight is 212 g/mol. The SMILES string of the molecule is C=C/C=C/C(C(=O)O)C(O)CCCCC. The molecule has 0 aromatic carbocycles. The highest BCUT2D eigenvalue weighted by Gasteiger charge is 2.22. The van der Waals surface area contributed by atoms with Crippen LogP contribution in [0.15, 0.2) is 24.8 Å². The van der Waals surface area contributed by atoms with Crippen molar-refractivity contribution in [3.63, 3.8) is 0 Å². The molecule has 0 fully saturated rings. The maximum absolute atomic E-state index is 10.8. The van der Waals surface area contributed by atoms with Crippen LogP contribution in [0.25, 0.3) is 0 Å². The molecule has 0 aromatic rings. The molecule has 0 aliphatic carbocycles. The van der Waals surface area contributed by atoms with Crippen molar-refractivity contribution in [2.75, 3.05) is 0 Å². The molecule has 0 spiro atoms. The Labute approximate surface area is 91.1 Å². The third kappa shape index (κ3) is 6.07. The topological polar surface area (TPSA) is 57.5 Å². The molecular formula is C12H20O3. The average Bonchev–Trinajstić information content (AvgIpc) is 2.18. The second kappa shape index (κ2) is 8.24. The number of aliphatic hydroxyl groups excluding tert-OH is 1. The van der Waals surface area contributed by atoms with Gasteiger partial charge >= 0.3 is 5.97 Å². The van der Waals surface area contributed by atoms with E-state index in [0.717, 1.165) is 19.3 Å². The number of rotatable bonds is 8. The maximum atomic E-state index is 10.8. The molecular weight excluding hydrogens is 192 g/mol. The summed E-state index contributed by atoms with van der Waals surface area (Å²) in [7, 11) is 0. The largest absolute Gasteiger partial charge is 0.481 e. The van der Waals surface area contributed by atoms with Crippen LogP contribution in [0.5, 0.6) is 0 Å². The molecule has 0 saturated heterocycles. The Bertz CT molecular complexity index is 221. The van der Waals surface area contributed by atoms with Crippen LogP contribution in [-0.4, -0.2) is 22.3 Å². The van der Waals surface area contributed by atoms with Gasteiger partial charge in [-0.05, 0) is 6.42 Å². The van der Waals surface area contributed by atoms with Gasteiger partial charge in [-0.25, -0.2) is 0 Å². The van der Waals surface area contributed by atoms with E-state index in [4.69, 9.17) is 5.11 Å².